The Morgan fingerprint density at radius 1 is 1.14 bits per heavy atom. The number of H-pyrrole nitrogens is 1. The number of nitrogen functional groups attached to an aromatic ring is 1. The summed E-state index contributed by atoms with van der Waals surface area (Å²) in [5.41, 5.74) is 8.30. The van der Waals surface area contributed by atoms with Crippen molar-refractivity contribution in [2.24, 2.45) is 0 Å². The number of fused-ring (bicyclic) bond motifs is 1. The van der Waals surface area contributed by atoms with Crippen molar-refractivity contribution in [1.29, 1.82) is 0 Å². The minimum absolute atomic E-state index is 0.0731. The lowest BCUT2D eigenvalue weighted by molar-refractivity contribution is -0.124. The molecule has 9 heteroatoms. The van der Waals surface area contributed by atoms with Crippen molar-refractivity contribution in [3.05, 3.63) is 86.1 Å². The summed E-state index contributed by atoms with van der Waals surface area (Å²) in [5, 5.41) is 0. The Morgan fingerprint density at radius 3 is 2.64 bits per heavy atom. The summed E-state index contributed by atoms with van der Waals surface area (Å²) in [6.07, 6.45) is 2.73. The highest BCUT2D eigenvalue weighted by atomic mass is 16.5. The van der Waals surface area contributed by atoms with Gasteiger partial charge in [0.1, 0.15) is 11.6 Å². The van der Waals surface area contributed by atoms with Gasteiger partial charge in [-0.2, -0.15) is 0 Å². The quantitative estimate of drug-likeness (QED) is 0.420. The van der Waals surface area contributed by atoms with Gasteiger partial charge in [-0.05, 0) is 61.4 Å². The summed E-state index contributed by atoms with van der Waals surface area (Å²) in [4.78, 5) is 42.8. The predicted octanol–water partition coefficient (Wildman–Crippen LogP) is 2.49. The van der Waals surface area contributed by atoms with Crippen LogP contribution in [-0.4, -0.2) is 41.8 Å². The molecule has 1 amide bonds. The molecular formula is C27H32N4O5. The van der Waals surface area contributed by atoms with Gasteiger partial charge in [-0.3, -0.25) is 19.1 Å². The Balaban J connectivity index is 1.65. The summed E-state index contributed by atoms with van der Waals surface area (Å²) < 4.78 is 12.4. The van der Waals surface area contributed by atoms with Crippen LogP contribution in [0.25, 0.3) is 0 Å². The summed E-state index contributed by atoms with van der Waals surface area (Å²) in [6.45, 7) is 2.34. The van der Waals surface area contributed by atoms with E-state index in [1.54, 1.807) is 14.0 Å². The average Bonchev–Trinajstić information content (AvgIpc) is 3.34. The van der Waals surface area contributed by atoms with Crippen LogP contribution in [0.1, 0.15) is 36.5 Å². The van der Waals surface area contributed by atoms with Crippen LogP contribution in [-0.2, 0) is 28.9 Å². The van der Waals surface area contributed by atoms with E-state index in [2.05, 4.69) is 4.98 Å². The van der Waals surface area contributed by atoms with Crippen LogP contribution in [0, 0.1) is 0 Å². The molecule has 1 aromatic heterocycles. The molecule has 2 aromatic carbocycles. The molecule has 1 aliphatic carbocycles. The van der Waals surface area contributed by atoms with E-state index >= 15 is 0 Å². The zero-order valence-electron chi connectivity index (χ0n) is 20.7. The molecule has 0 spiro atoms. The molecule has 0 radical (unpaired) electrons. The van der Waals surface area contributed by atoms with E-state index in [9.17, 15) is 14.4 Å². The van der Waals surface area contributed by atoms with E-state index in [1.807, 2.05) is 48.5 Å². The van der Waals surface area contributed by atoms with Crippen molar-refractivity contribution in [3.63, 3.8) is 0 Å². The van der Waals surface area contributed by atoms with Gasteiger partial charge >= 0.3 is 5.69 Å². The molecule has 190 valence electrons. The maximum Gasteiger partial charge on any atom is 0.330 e. The Morgan fingerprint density at radius 2 is 1.89 bits per heavy atom. The van der Waals surface area contributed by atoms with Crippen molar-refractivity contribution < 1.29 is 14.3 Å². The number of rotatable bonds is 10. The summed E-state index contributed by atoms with van der Waals surface area (Å²) in [5.74, 6) is 0.0843. The summed E-state index contributed by atoms with van der Waals surface area (Å²) >= 11 is 0. The number of hydrogen-bond donors (Lipinski definition) is 2. The number of hydrogen-bond acceptors (Lipinski definition) is 6. The number of carbonyl (C=O) groups excluding carboxylic acids is 1. The smallest absolute Gasteiger partial charge is 0.330 e. The number of aromatic amines is 1. The topological polar surface area (TPSA) is 120 Å². The van der Waals surface area contributed by atoms with Crippen molar-refractivity contribution in [2.45, 2.75) is 45.3 Å². The number of methoxy groups -OCH3 is 1. The van der Waals surface area contributed by atoms with Crippen LogP contribution >= 0.6 is 0 Å². The first kappa shape index (κ1) is 25.2. The van der Waals surface area contributed by atoms with Gasteiger partial charge in [-0.1, -0.05) is 36.4 Å². The van der Waals surface area contributed by atoms with Gasteiger partial charge in [0.15, 0.2) is 11.8 Å². The highest BCUT2D eigenvalue weighted by Gasteiger charge is 2.29. The zero-order chi connectivity index (χ0) is 25.7. The number of carbonyl (C=O) groups is 1. The minimum atomic E-state index is -0.889. The van der Waals surface area contributed by atoms with Gasteiger partial charge in [0.2, 0.25) is 0 Å². The molecule has 9 nitrogen and oxygen atoms in total. The number of anilines is 2. The van der Waals surface area contributed by atoms with E-state index in [-0.39, 0.29) is 24.6 Å². The average molecular weight is 493 g/mol. The van der Waals surface area contributed by atoms with Crippen molar-refractivity contribution in [3.8, 4) is 5.75 Å². The largest absolute Gasteiger partial charge is 0.481 e. The molecule has 1 aliphatic rings. The molecule has 1 unspecified atom stereocenters. The van der Waals surface area contributed by atoms with E-state index in [0.29, 0.717) is 18.8 Å². The first-order chi connectivity index (χ1) is 17.4. The van der Waals surface area contributed by atoms with Crippen LogP contribution in [0.4, 0.5) is 11.5 Å². The number of nitrogens with one attached hydrogen (secondary N) is 1. The lowest BCUT2D eigenvalue weighted by atomic mass is 10.1. The number of aromatic nitrogens is 2. The summed E-state index contributed by atoms with van der Waals surface area (Å²) in [7, 11) is 1.56. The van der Waals surface area contributed by atoms with Crippen molar-refractivity contribution in [1.82, 2.24) is 9.55 Å². The highest BCUT2D eigenvalue weighted by Crippen LogP contribution is 2.27. The Bertz CT molecular complexity index is 1330. The van der Waals surface area contributed by atoms with Crippen LogP contribution in [0.2, 0.25) is 0 Å². The number of aryl methyl sites for hydroxylation is 2. The van der Waals surface area contributed by atoms with Crippen LogP contribution in [0.5, 0.6) is 5.75 Å². The van der Waals surface area contributed by atoms with Crippen molar-refractivity contribution in [2.75, 3.05) is 30.9 Å². The fraction of sp³-hybridized carbons (Fsp3) is 0.370. The molecule has 0 saturated heterocycles. The molecule has 36 heavy (non-hydrogen) atoms. The third kappa shape index (κ3) is 5.52. The number of amides is 1. The first-order valence-electron chi connectivity index (χ1n) is 12.1. The molecule has 1 atom stereocenters. The first-order valence-corrected chi connectivity index (χ1v) is 12.1. The van der Waals surface area contributed by atoms with Gasteiger partial charge in [0, 0.05) is 20.3 Å². The van der Waals surface area contributed by atoms with Gasteiger partial charge in [-0.25, -0.2) is 4.79 Å². The van der Waals surface area contributed by atoms with Gasteiger partial charge < -0.3 is 20.1 Å². The third-order valence-corrected chi connectivity index (χ3v) is 6.39. The summed E-state index contributed by atoms with van der Waals surface area (Å²) in [6, 6.07) is 15.1. The van der Waals surface area contributed by atoms with Crippen LogP contribution in [0.15, 0.2) is 58.1 Å². The molecular weight excluding hydrogens is 460 g/mol. The molecule has 0 saturated carbocycles. The number of benzene rings is 2. The molecule has 1 heterocycles. The Kier molecular flexibility index (Phi) is 7.90. The molecule has 3 aromatic rings. The Labute approximate surface area is 209 Å². The van der Waals surface area contributed by atoms with E-state index in [0.717, 1.165) is 24.8 Å². The number of nitrogens with two attached hydrogens (primary N) is 1. The molecule has 4 rings (SSSR count). The van der Waals surface area contributed by atoms with Crippen LogP contribution in [0.3, 0.4) is 0 Å². The van der Waals surface area contributed by atoms with E-state index in [1.165, 1.54) is 20.6 Å². The monoisotopic (exact) mass is 492 g/mol. The number of ether oxygens (including phenoxy) is 2. The lowest BCUT2D eigenvalue weighted by Gasteiger charge is -2.27. The molecule has 0 bridgehead atoms. The fourth-order valence-corrected chi connectivity index (χ4v) is 4.56. The fourth-order valence-electron chi connectivity index (χ4n) is 4.56. The third-order valence-electron chi connectivity index (χ3n) is 6.39. The van der Waals surface area contributed by atoms with E-state index < -0.39 is 23.3 Å². The van der Waals surface area contributed by atoms with Gasteiger partial charge in [0.05, 0.1) is 6.54 Å². The van der Waals surface area contributed by atoms with Crippen LogP contribution < -0.4 is 26.6 Å². The molecule has 0 aliphatic heterocycles. The second-order valence-electron chi connectivity index (χ2n) is 8.95. The SMILES string of the molecule is COCCCN(C(=O)C(C)Oc1ccc2c(c1)CCC2)c1c(N)n(Cc2ccccc2)c(=O)[nH]c1=O. The van der Waals surface area contributed by atoms with E-state index in [4.69, 9.17) is 15.2 Å². The highest BCUT2D eigenvalue weighted by molar-refractivity contribution is 5.98. The molecule has 3 N–H and O–H groups in total. The maximum absolute atomic E-state index is 13.6. The predicted molar refractivity (Wildman–Crippen MR) is 139 cm³/mol. The zero-order valence-corrected chi connectivity index (χ0v) is 20.7. The van der Waals surface area contributed by atoms with Gasteiger partial charge in [0.25, 0.3) is 11.5 Å². The lowest BCUT2D eigenvalue weighted by Crippen LogP contribution is -2.46. The maximum atomic E-state index is 13.6. The second kappa shape index (κ2) is 11.3. The number of nitrogens with zero attached hydrogens (tertiary/aromatic N) is 2. The molecule has 0 fully saturated rings. The minimum Gasteiger partial charge on any atom is -0.481 e. The standard InChI is InChI=1S/C27H32N4O5/c1-18(36-22-13-12-20-10-6-11-21(20)16-22)26(33)30(14-7-15-35-2)23-24(28)31(27(34)29-25(23)32)17-19-8-4-3-5-9-19/h3-5,8-9,12-13,16,18H,6-7,10-11,14-15,17,28H2,1-2H3,(H,29,32,34). The Hall–Kier alpha value is -3.85. The second-order valence-corrected chi connectivity index (χ2v) is 8.95. The normalized spacial score (nSPS) is 13.3. The van der Waals surface area contributed by atoms with Crippen molar-refractivity contribution >= 4 is 17.4 Å². The van der Waals surface area contributed by atoms with Gasteiger partial charge in [-0.15, -0.1) is 0 Å².